The van der Waals surface area contributed by atoms with Crippen molar-refractivity contribution in [3.8, 4) is 5.75 Å². The number of carbonyl (C=O) groups is 2. The highest BCUT2D eigenvalue weighted by Gasteiger charge is 2.15. The molecule has 0 aliphatic carbocycles. The molecule has 2 aromatic carbocycles. The van der Waals surface area contributed by atoms with E-state index in [1.807, 2.05) is 19.1 Å². The summed E-state index contributed by atoms with van der Waals surface area (Å²) >= 11 is 0. The average molecular weight is 363 g/mol. The third-order valence-electron chi connectivity index (χ3n) is 4.08. The zero-order valence-electron chi connectivity index (χ0n) is 15.3. The monoisotopic (exact) mass is 363 g/mol. The van der Waals surface area contributed by atoms with E-state index in [9.17, 15) is 9.59 Å². The van der Waals surface area contributed by atoms with Crippen LogP contribution < -0.4 is 15.4 Å². The van der Waals surface area contributed by atoms with E-state index >= 15 is 0 Å². The van der Waals surface area contributed by atoms with Gasteiger partial charge in [-0.25, -0.2) is 4.98 Å². The molecule has 0 atom stereocenters. The number of para-hydroxylation sites is 1. The van der Waals surface area contributed by atoms with Gasteiger partial charge >= 0.3 is 0 Å². The Bertz CT molecular complexity index is 985. The number of rotatable bonds is 6. The van der Waals surface area contributed by atoms with Crippen molar-refractivity contribution < 1.29 is 14.3 Å². The number of methoxy groups -OCH3 is 1. The van der Waals surface area contributed by atoms with Gasteiger partial charge < -0.3 is 15.4 Å². The summed E-state index contributed by atoms with van der Waals surface area (Å²) in [5.41, 5.74) is 1.84. The maximum absolute atomic E-state index is 12.6. The van der Waals surface area contributed by atoms with Gasteiger partial charge in [-0.05, 0) is 42.8 Å². The molecule has 1 aromatic heterocycles. The lowest BCUT2D eigenvalue weighted by Gasteiger charge is -2.11. The van der Waals surface area contributed by atoms with Crippen LogP contribution in [-0.4, -0.2) is 30.5 Å². The number of hydrogen-bond acceptors (Lipinski definition) is 4. The maximum atomic E-state index is 12.6. The van der Waals surface area contributed by atoms with E-state index in [1.165, 1.54) is 0 Å². The van der Waals surface area contributed by atoms with E-state index in [0.29, 0.717) is 23.3 Å². The summed E-state index contributed by atoms with van der Waals surface area (Å²) < 4.78 is 5.20. The predicted molar refractivity (Wildman–Crippen MR) is 105 cm³/mol. The van der Waals surface area contributed by atoms with Gasteiger partial charge in [0.15, 0.2) is 0 Å². The third kappa shape index (κ3) is 4.23. The SMILES string of the molecule is CCCNC(=O)c1ccccc1NC(=O)c1ccc2cc(OC)ccc2n1. The zero-order chi connectivity index (χ0) is 19.2. The lowest BCUT2D eigenvalue weighted by molar-refractivity contribution is 0.0954. The van der Waals surface area contributed by atoms with Crippen LogP contribution in [0.5, 0.6) is 5.75 Å². The number of benzene rings is 2. The number of amides is 2. The minimum Gasteiger partial charge on any atom is -0.497 e. The molecule has 1 heterocycles. The van der Waals surface area contributed by atoms with E-state index in [0.717, 1.165) is 17.6 Å². The van der Waals surface area contributed by atoms with Crippen LogP contribution in [-0.2, 0) is 0 Å². The number of fused-ring (bicyclic) bond motifs is 1. The predicted octanol–water partition coefficient (Wildman–Crippen LogP) is 3.64. The van der Waals surface area contributed by atoms with Crippen molar-refractivity contribution in [1.29, 1.82) is 0 Å². The summed E-state index contributed by atoms with van der Waals surface area (Å²) in [4.78, 5) is 29.3. The van der Waals surface area contributed by atoms with Gasteiger partial charge in [0.05, 0.1) is 23.9 Å². The lowest BCUT2D eigenvalue weighted by atomic mass is 10.1. The Morgan fingerprint density at radius 2 is 1.85 bits per heavy atom. The molecule has 0 saturated heterocycles. The molecule has 27 heavy (non-hydrogen) atoms. The smallest absolute Gasteiger partial charge is 0.274 e. The first-order chi connectivity index (χ1) is 13.1. The molecule has 0 aliphatic heterocycles. The number of hydrogen-bond donors (Lipinski definition) is 2. The summed E-state index contributed by atoms with van der Waals surface area (Å²) in [7, 11) is 1.60. The normalized spacial score (nSPS) is 10.4. The highest BCUT2D eigenvalue weighted by molar-refractivity contribution is 6.08. The molecule has 0 fully saturated rings. The minimum atomic E-state index is -0.372. The average Bonchev–Trinajstić information content (AvgIpc) is 2.71. The van der Waals surface area contributed by atoms with Crippen molar-refractivity contribution in [2.75, 3.05) is 19.0 Å². The van der Waals surface area contributed by atoms with E-state index in [2.05, 4.69) is 15.6 Å². The Hall–Kier alpha value is -3.41. The number of ether oxygens (including phenoxy) is 1. The minimum absolute atomic E-state index is 0.216. The molecule has 0 unspecified atom stereocenters. The van der Waals surface area contributed by atoms with Gasteiger partial charge in [0, 0.05) is 11.9 Å². The number of nitrogens with zero attached hydrogens (tertiary/aromatic N) is 1. The fraction of sp³-hybridized carbons (Fsp3) is 0.190. The molecular formula is C21H21N3O3. The first-order valence-electron chi connectivity index (χ1n) is 8.75. The number of carbonyl (C=O) groups excluding carboxylic acids is 2. The molecule has 0 radical (unpaired) electrons. The lowest BCUT2D eigenvalue weighted by Crippen LogP contribution is -2.26. The van der Waals surface area contributed by atoms with E-state index in [4.69, 9.17) is 4.74 Å². The van der Waals surface area contributed by atoms with Gasteiger partial charge in [-0.1, -0.05) is 25.1 Å². The van der Waals surface area contributed by atoms with Crippen LogP contribution in [0.2, 0.25) is 0 Å². The fourth-order valence-corrected chi connectivity index (χ4v) is 2.67. The molecule has 0 saturated carbocycles. The standard InChI is InChI=1S/C21H21N3O3/c1-3-12-22-20(25)16-6-4-5-7-18(16)24-21(26)19-10-8-14-13-15(27-2)9-11-17(14)23-19/h4-11,13H,3,12H2,1-2H3,(H,22,25)(H,24,26). The molecule has 138 valence electrons. The Labute approximate surface area is 157 Å². The second-order valence-electron chi connectivity index (χ2n) is 6.01. The number of nitrogens with one attached hydrogen (secondary N) is 2. The molecule has 2 N–H and O–H groups in total. The van der Waals surface area contributed by atoms with Crippen LogP contribution in [0.25, 0.3) is 10.9 Å². The Kier molecular flexibility index (Phi) is 5.66. The summed E-state index contributed by atoms with van der Waals surface area (Å²) in [6.45, 7) is 2.56. The molecule has 0 aliphatic rings. The van der Waals surface area contributed by atoms with Gasteiger partial charge in [-0.15, -0.1) is 0 Å². The molecule has 0 spiro atoms. The largest absolute Gasteiger partial charge is 0.497 e. The van der Waals surface area contributed by atoms with Crippen LogP contribution in [0.15, 0.2) is 54.6 Å². The number of anilines is 1. The van der Waals surface area contributed by atoms with Gasteiger partial charge in [0.2, 0.25) is 0 Å². The second kappa shape index (κ2) is 8.31. The van der Waals surface area contributed by atoms with E-state index in [1.54, 1.807) is 49.6 Å². The molecule has 3 rings (SSSR count). The molecule has 0 bridgehead atoms. The summed E-state index contributed by atoms with van der Waals surface area (Å²) in [6.07, 6.45) is 0.839. The number of aromatic nitrogens is 1. The molecule has 2 amide bonds. The molecule has 3 aromatic rings. The van der Waals surface area contributed by atoms with Gasteiger partial charge in [0.1, 0.15) is 11.4 Å². The summed E-state index contributed by atoms with van der Waals surface area (Å²) in [6, 6.07) is 15.8. The quantitative estimate of drug-likeness (QED) is 0.701. The Balaban J connectivity index is 1.83. The van der Waals surface area contributed by atoms with Crippen LogP contribution in [0, 0.1) is 0 Å². The van der Waals surface area contributed by atoms with Crippen molar-refractivity contribution in [3.63, 3.8) is 0 Å². The van der Waals surface area contributed by atoms with Crippen LogP contribution >= 0.6 is 0 Å². The molecule has 6 nitrogen and oxygen atoms in total. The Morgan fingerprint density at radius 3 is 2.63 bits per heavy atom. The van der Waals surface area contributed by atoms with Crippen molar-refractivity contribution in [2.45, 2.75) is 13.3 Å². The third-order valence-corrected chi connectivity index (χ3v) is 4.08. The van der Waals surface area contributed by atoms with E-state index in [-0.39, 0.29) is 17.5 Å². The van der Waals surface area contributed by atoms with Crippen molar-refractivity contribution in [2.24, 2.45) is 0 Å². The summed E-state index contributed by atoms with van der Waals surface area (Å²) in [5.74, 6) is 0.142. The van der Waals surface area contributed by atoms with E-state index < -0.39 is 0 Å². The topological polar surface area (TPSA) is 80.3 Å². The summed E-state index contributed by atoms with van der Waals surface area (Å²) in [5, 5.41) is 6.48. The van der Waals surface area contributed by atoms with Gasteiger partial charge in [0.25, 0.3) is 11.8 Å². The van der Waals surface area contributed by atoms with Crippen molar-refractivity contribution >= 4 is 28.4 Å². The van der Waals surface area contributed by atoms with Crippen LogP contribution in [0.1, 0.15) is 34.2 Å². The van der Waals surface area contributed by atoms with Gasteiger partial charge in [-0.2, -0.15) is 0 Å². The maximum Gasteiger partial charge on any atom is 0.274 e. The first kappa shape index (κ1) is 18.4. The zero-order valence-corrected chi connectivity index (χ0v) is 15.3. The van der Waals surface area contributed by atoms with Gasteiger partial charge in [-0.3, -0.25) is 9.59 Å². The number of pyridine rings is 1. The van der Waals surface area contributed by atoms with Crippen molar-refractivity contribution in [1.82, 2.24) is 10.3 Å². The second-order valence-corrected chi connectivity index (χ2v) is 6.01. The Morgan fingerprint density at radius 1 is 1.04 bits per heavy atom. The fourth-order valence-electron chi connectivity index (χ4n) is 2.67. The van der Waals surface area contributed by atoms with Crippen molar-refractivity contribution in [3.05, 3.63) is 65.9 Å². The highest BCUT2D eigenvalue weighted by Crippen LogP contribution is 2.21. The highest BCUT2D eigenvalue weighted by atomic mass is 16.5. The molecule has 6 heteroatoms. The molecular weight excluding hydrogens is 342 g/mol. The van der Waals surface area contributed by atoms with Crippen LogP contribution in [0.3, 0.4) is 0 Å². The first-order valence-corrected chi connectivity index (χ1v) is 8.75. The van der Waals surface area contributed by atoms with Crippen LogP contribution in [0.4, 0.5) is 5.69 Å².